The number of ether oxygens (including phenoxy) is 1. The number of nitrogens with zero attached hydrogens (tertiary/aromatic N) is 3. The van der Waals surface area contributed by atoms with Crippen molar-refractivity contribution in [3.05, 3.63) is 66.9 Å². The topological polar surface area (TPSA) is 81.1 Å². The van der Waals surface area contributed by atoms with Gasteiger partial charge in [-0.25, -0.2) is 14.8 Å². The minimum absolute atomic E-state index is 0.324. The van der Waals surface area contributed by atoms with Crippen LogP contribution in [-0.4, -0.2) is 20.6 Å². The van der Waals surface area contributed by atoms with E-state index in [1.165, 1.54) is 0 Å². The highest BCUT2D eigenvalue weighted by Crippen LogP contribution is 2.21. The number of hydrogen-bond donors (Lipinski definition) is 2. The summed E-state index contributed by atoms with van der Waals surface area (Å²) in [5.41, 5.74) is 0.591. The van der Waals surface area contributed by atoms with E-state index in [4.69, 9.17) is 4.74 Å². The maximum atomic E-state index is 12.0. The van der Waals surface area contributed by atoms with Crippen LogP contribution < -0.4 is 15.4 Å². The third-order valence-electron chi connectivity index (χ3n) is 3.29. The molecule has 0 saturated carbocycles. The number of aryl methyl sites for hydroxylation is 1. The van der Waals surface area contributed by atoms with Gasteiger partial charge in [-0.1, -0.05) is 18.2 Å². The Kier molecular flexibility index (Phi) is 4.71. The monoisotopic (exact) mass is 323 g/mol. The van der Waals surface area contributed by atoms with Crippen molar-refractivity contribution in [1.29, 1.82) is 0 Å². The van der Waals surface area contributed by atoms with Gasteiger partial charge in [0.15, 0.2) is 0 Å². The van der Waals surface area contributed by atoms with Crippen LogP contribution in [0.5, 0.6) is 11.6 Å². The fraction of sp³-hybridized carbons (Fsp3) is 0.118. The van der Waals surface area contributed by atoms with Crippen LogP contribution in [0.2, 0.25) is 0 Å². The van der Waals surface area contributed by atoms with Crippen LogP contribution in [0.4, 0.5) is 10.5 Å². The van der Waals surface area contributed by atoms with Crippen LogP contribution in [0.15, 0.2) is 61.1 Å². The predicted octanol–water partition coefficient (Wildman–Crippen LogP) is 2.93. The van der Waals surface area contributed by atoms with Crippen molar-refractivity contribution in [3.63, 3.8) is 0 Å². The molecule has 0 radical (unpaired) electrons. The van der Waals surface area contributed by atoms with Crippen molar-refractivity contribution in [2.45, 2.75) is 6.54 Å². The van der Waals surface area contributed by atoms with Crippen LogP contribution in [-0.2, 0) is 13.6 Å². The summed E-state index contributed by atoms with van der Waals surface area (Å²) in [5, 5.41) is 5.49. The summed E-state index contributed by atoms with van der Waals surface area (Å²) in [6.07, 6.45) is 5.09. The van der Waals surface area contributed by atoms with Gasteiger partial charge in [-0.3, -0.25) is 0 Å². The van der Waals surface area contributed by atoms with Gasteiger partial charge in [0, 0.05) is 37.4 Å². The quantitative estimate of drug-likeness (QED) is 0.756. The number of rotatable bonds is 5. The summed E-state index contributed by atoms with van der Waals surface area (Å²) in [6.45, 7) is 0.341. The SMILES string of the molecule is Cn1ccnc1CNC(=O)Nc1ccnc(Oc2ccccc2)c1. The van der Waals surface area contributed by atoms with E-state index in [2.05, 4.69) is 20.6 Å². The van der Waals surface area contributed by atoms with Gasteiger partial charge in [-0.2, -0.15) is 0 Å². The molecule has 0 bridgehead atoms. The van der Waals surface area contributed by atoms with Crippen LogP contribution >= 0.6 is 0 Å². The number of amides is 2. The third-order valence-corrected chi connectivity index (χ3v) is 3.29. The Hall–Kier alpha value is -3.35. The zero-order chi connectivity index (χ0) is 16.8. The predicted molar refractivity (Wildman–Crippen MR) is 89.8 cm³/mol. The lowest BCUT2D eigenvalue weighted by Crippen LogP contribution is -2.29. The van der Waals surface area contributed by atoms with Gasteiger partial charge in [-0.15, -0.1) is 0 Å². The van der Waals surface area contributed by atoms with Crippen LogP contribution in [0, 0.1) is 0 Å². The van der Waals surface area contributed by atoms with Gasteiger partial charge >= 0.3 is 6.03 Å². The first-order valence-electron chi connectivity index (χ1n) is 7.41. The molecule has 122 valence electrons. The van der Waals surface area contributed by atoms with E-state index in [0.29, 0.717) is 23.9 Å². The van der Waals surface area contributed by atoms with Crippen LogP contribution in [0.3, 0.4) is 0 Å². The molecule has 0 aliphatic heterocycles. The largest absolute Gasteiger partial charge is 0.439 e. The summed E-state index contributed by atoms with van der Waals surface area (Å²) < 4.78 is 7.48. The van der Waals surface area contributed by atoms with Crippen molar-refractivity contribution in [3.8, 4) is 11.6 Å². The number of nitrogens with one attached hydrogen (secondary N) is 2. The molecule has 1 aromatic carbocycles. The number of urea groups is 1. The number of hydrogen-bond acceptors (Lipinski definition) is 4. The van der Waals surface area contributed by atoms with Crippen LogP contribution in [0.1, 0.15) is 5.82 Å². The Morgan fingerprint density at radius 2 is 2.00 bits per heavy atom. The van der Waals surface area contributed by atoms with Gasteiger partial charge in [0.25, 0.3) is 0 Å². The van der Waals surface area contributed by atoms with E-state index in [0.717, 1.165) is 5.82 Å². The Morgan fingerprint density at radius 1 is 1.17 bits per heavy atom. The number of carbonyl (C=O) groups is 1. The van der Waals surface area contributed by atoms with Gasteiger partial charge in [-0.05, 0) is 18.2 Å². The average Bonchev–Trinajstić information content (AvgIpc) is 2.99. The van der Waals surface area contributed by atoms with Crippen molar-refractivity contribution < 1.29 is 9.53 Å². The minimum atomic E-state index is -0.324. The van der Waals surface area contributed by atoms with E-state index < -0.39 is 0 Å². The third kappa shape index (κ3) is 4.10. The molecule has 2 heterocycles. The summed E-state index contributed by atoms with van der Waals surface area (Å²) in [6, 6.07) is 12.4. The molecule has 7 heteroatoms. The lowest BCUT2D eigenvalue weighted by molar-refractivity contribution is 0.251. The van der Waals surface area contributed by atoms with Crippen molar-refractivity contribution in [2.75, 3.05) is 5.32 Å². The first-order chi connectivity index (χ1) is 11.7. The van der Waals surface area contributed by atoms with Gasteiger partial charge in [0.1, 0.15) is 11.6 Å². The minimum Gasteiger partial charge on any atom is -0.439 e. The molecule has 0 aliphatic rings. The fourth-order valence-electron chi connectivity index (χ4n) is 2.05. The highest BCUT2D eigenvalue weighted by atomic mass is 16.5. The zero-order valence-corrected chi connectivity index (χ0v) is 13.1. The molecular weight excluding hydrogens is 306 g/mol. The number of para-hydroxylation sites is 1. The summed E-state index contributed by atoms with van der Waals surface area (Å²) in [4.78, 5) is 20.2. The van der Waals surface area contributed by atoms with Gasteiger partial charge in [0.05, 0.1) is 6.54 Å². The van der Waals surface area contributed by atoms with E-state index in [1.807, 2.05) is 48.1 Å². The molecule has 0 spiro atoms. The molecule has 0 atom stereocenters. The molecular formula is C17H17N5O2. The van der Waals surface area contributed by atoms with Crippen molar-refractivity contribution in [1.82, 2.24) is 19.9 Å². The molecule has 0 saturated heterocycles. The molecule has 2 aromatic heterocycles. The lowest BCUT2D eigenvalue weighted by Gasteiger charge is -2.09. The Labute approximate surface area is 139 Å². The van der Waals surface area contributed by atoms with Gasteiger partial charge in [0.2, 0.25) is 5.88 Å². The molecule has 0 fully saturated rings. The first kappa shape index (κ1) is 15.5. The second-order valence-electron chi connectivity index (χ2n) is 5.06. The molecule has 2 amide bonds. The number of imidazole rings is 1. The molecule has 24 heavy (non-hydrogen) atoms. The maximum absolute atomic E-state index is 12.0. The second-order valence-corrected chi connectivity index (χ2v) is 5.06. The number of benzene rings is 1. The Bertz CT molecular complexity index is 817. The lowest BCUT2D eigenvalue weighted by atomic mass is 10.3. The van der Waals surface area contributed by atoms with Crippen molar-refractivity contribution >= 4 is 11.7 Å². The summed E-state index contributed by atoms with van der Waals surface area (Å²) >= 11 is 0. The number of aromatic nitrogens is 3. The number of anilines is 1. The Balaban J connectivity index is 1.58. The summed E-state index contributed by atoms with van der Waals surface area (Å²) in [7, 11) is 1.87. The smallest absolute Gasteiger partial charge is 0.319 e. The number of pyridine rings is 1. The van der Waals surface area contributed by atoms with E-state index in [1.54, 1.807) is 24.5 Å². The van der Waals surface area contributed by atoms with Crippen LogP contribution in [0.25, 0.3) is 0 Å². The fourth-order valence-corrected chi connectivity index (χ4v) is 2.05. The standard InChI is InChI=1S/C17H17N5O2/c1-22-10-9-18-15(22)12-20-17(23)21-13-7-8-19-16(11-13)24-14-5-3-2-4-6-14/h2-11H,12H2,1H3,(H2,19,20,21,23). The molecule has 0 aliphatic carbocycles. The normalized spacial score (nSPS) is 10.2. The molecule has 7 nitrogen and oxygen atoms in total. The van der Waals surface area contributed by atoms with E-state index in [9.17, 15) is 4.79 Å². The molecule has 3 aromatic rings. The molecule has 3 rings (SSSR count). The molecule has 0 unspecified atom stereocenters. The van der Waals surface area contributed by atoms with Gasteiger partial charge < -0.3 is 19.9 Å². The second kappa shape index (κ2) is 7.28. The van der Waals surface area contributed by atoms with E-state index in [-0.39, 0.29) is 6.03 Å². The average molecular weight is 323 g/mol. The number of carbonyl (C=O) groups excluding carboxylic acids is 1. The maximum Gasteiger partial charge on any atom is 0.319 e. The van der Waals surface area contributed by atoms with Crippen molar-refractivity contribution in [2.24, 2.45) is 7.05 Å². The Morgan fingerprint density at radius 3 is 2.75 bits per heavy atom. The highest BCUT2D eigenvalue weighted by molar-refractivity contribution is 5.89. The summed E-state index contributed by atoms with van der Waals surface area (Å²) in [5.74, 6) is 1.86. The van der Waals surface area contributed by atoms with E-state index >= 15 is 0 Å². The first-order valence-corrected chi connectivity index (χ1v) is 7.41. The molecule has 2 N–H and O–H groups in total. The highest BCUT2D eigenvalue weighted by Gasteiger charge is 2.06. The zero-order valence-electron chi connectivity index (χ0n) is 13.1.